The molecule has 1 heterocycles. The van der Waals surface area contributed by atoms with E-state index >= 15 is 0 Å². The van der Waals surface area contributed by atoms with E-state index in [1.54, 1.807) is 18.2 Å². The summed E-state index contributed by atoms with van der Waals surface area (Å²) in [5.41, 5.74) is 6.10. The molecule has 0 aromatic heterocycles. The second-order valence-electron chi connectivity index (χ2n) is 5.48. The van der Waals surface area contributed by atoms with Gasteiger partial charge in [0.25, 0.3) is 0 Å². The maximum absolute atomic E-state index is 10.9. The van der Waals surface area contributed by atoms with Crippen LogP contribution in [0, 0.1) is 0 Å². The fourth-order valence-electron chi connectivity index (χ4n) is 2.61. The van der Waals surface area contributed by atoms with Gasteiger partial charge in [-0.05, 0) is 43.6 Å². The minimum Gasteiger partial charge on any atom is -0.493 e. The summed E-state index contributed by atoms with van der Waals surface area (Å²) in [4.78, 5) is 13.3. The number of carboxylic acids is 1. The second-order valence-corrected chi connectivity index (χ2v) is 5.48. The number of methoxy groups -OCH3 is 1. The van der Waals surface area contributed by atoms with E-state index < -0.39 is 12.0 Å². The van der Waals surface area contributed by atoms with Crippen LogP contribution in [0.5, 0.6) is 11.5 Å². The van der Waals surface area contributed by atoms with Crippen LogP contribution in [0.15, 0.2) is 18.2 Å². The SMILES string of the molecule is COc1cc([C@H](N)C(=O)O)ccc1OCCN1CCCCC1. The Hall–Kier alpha value is -1.79. The third kappa shape index (κ3) is 4.35. The number of aliphatic carboxylic acids is 1. The van der Waals surface area contributed by atoms with E-state index in [4.69, 9.17) is 20.3 Å². The molecular formula is C16H24N2O4. The fourth-order valence-corrected chi connectivity index (χ4v) is 2.61. The molecule has 0 radical (unpaired) electrons. The molecule has 3 N–H and O–H groups in total. The van der Waals surface area contributed by atoms with Crippen LogP contribution >= 0.6 is 0 Å². The van der Waals surface area contributed by atoms with E-state index in [1.807, 2.05) is 0 Å². The normalized spacial score (nSPS) is 17.0. The van der Waals surface area contributed by atoms with Gasteiger partial charge in [0.2, 0.25) is 0 Å². The maximum atomic E-state index is 10.9. The summed E-state index contributed by atoms with van der Waals surface area (Å²) in [5, 5.41) is 8.95. The number of piperidine rings is 1. The Bertz CT molecular complexity index is 501. The summed E-state index contributed by atoms with van der Waals surface area (Å²) in [6.07, 6.45) is 3.83. The van der Waals surface area contributed by atoms with Crippen molar-refractivity contribution in [3.8, 4) is 11.5 Å². The van der Waals surface area contributed by atoms with Gasteiger partial charge in [-0.25, -0.2) is 0 Å². The highest BCUT2D eigenvalue weighted by atomic mass is 16.5. The van der Waals surface area contributed by atoms with Crippen LogP contribution in [0.25, 0.3) is 0 Å². The van der Waals surface area contributed by atoms with Crippen molar-refractivity contribution in [3.05, 3.63) is 23.8 Å². The molecule has 1 fully saturated rings. The Morgan fingerprint density at radius 1 is 1.32 bits per heavy atom. The van der Waals surface area contributed by atoms with Gasteiger partial charge in [-0.2, -0.15) is 0 Å². The Balaban J connectivity index is 1.93. The lowest BCUT2D eigenvalue weighted by Crippen LogP contribution is -2.33. The molecule has 6 nitrogen and oxygen atoms in total. The van der Waals surface area contributed by atoms with Crippen LogP contribution in [0.3, 0.4) is 0 Å². The molecule has 0 aliphatic carbocycles. The van der Waals surface area contributed by atoms with Gasteiger partial charge >= 0.3 is 5.97 Å². The zero-order chi connectivity index (χ0) is 15.9. The average Bonchev–Trinajstić information content (AvgIpc) is 2.55. The predicted octanol–water partition coefficient (Wildman–Crippen LogP) is 1.64. The molecule has 2 rings (SSSR count). The number of hydrogen-bond donors (Lipinski definition) is 2. The highest BCUT2D eigenvalue weighted by Crippen LogP contribution is 2.30. The molecule has 0 amide bonds. The number of ether oxygens (including phenoxy) is 2. The third-order valence-electron chi connectivity index (χ3n) is 3.93. The van der Waals surface area contributed by atoms with Crippen LogP contribution in [-0.4, -0.2) is 49.3 Å². The summed E-state index contributed by atoms with van der Waals surface area (Å²) >= 11 is 0. The molecule has 1 atom stereocenters. The highest BCUT2D eigenvalue weighted by Gasteiger charge is 2.17. The van der Waals surface area contributed by atoms with Gasteiger partial charge in [-0.3, -0.25) is 9.69 Å². The molecule has 1 aromatic rings. The van der Waals surface area contributed by atoms with Crippen molar-refractivity contribution in [3.63, 3.8) is 0 Å². The van der Waals surface area contributed by atoms with Crippen LogP contribution in [0.1, 0.15) is 30.9 Å². The number of benzene rings is 1. The Morgan fingerprint density at radius 2 is 2.05 bits per heavy atom. The van der Waals surface area contributed by atoms with Gasteiger partial charge in [-0.15, -0.1) is 0 Å². The van der Waals surface area contributed by atoms with Gasteiger partial charge in [-0.1, -0.05) is 12.5 Å². The van der Waals surface area contributed by atoms with Crippen LogP contribution in [0.4, 0.5) is 0 Å². The number of likely N-dealkylation sites (tertiary alicyclic amines) is 1. The van der Waals surface area contributed by atoms with Crippen molar-refractivity contribution in [1.82, 2.24) is 4.90 Å². The molecule has 22 heavy (non-hydrogen) atoms. The smallest absolute Gasteiger partial charge is 0.325 e. The summed E-state index contributed by atoms with van der Waals surface area (Å²) in [6.45, 7) is 3.74. The van der Waals surface area contributed by atoms with E-state index in [9.17, 15) is 4.79 Å². The molecule has 1 aliphatic rings. The lowest BCUT2D eigenvalue weighted by atomic mass is 10.1. The number of carbonyl (C=O) groups is 1. The fraction of sp³-hybridized carbons (Fsp3) is 0.562. The zero-order valence-electron chi connectivity index (χ0n) is 13.0. The summed E-state index contributed by atoms with van der Waals surface area (Å²) in [5.74, 6) is 0.0505. The Kier molecular flexibility index (Phi) is 6.03. The van der Waals surface area contributed by atoms with Crippen molar-refractivity contribution >= 4 is 5.97 Å². The van der Waals surface area contributed by atoms with Crippen LogP contribution < -0.4 is 15.2 Å². The van der Waals surface area contributed by atoms with E-state index in [0.29, 0.717) is 23.7 Å². The first kappa shape index (κ1) is 16.6. The average molecular weight is 308 g/mol. The number of nitrogens with two attached hydrogens (primary N) is 1. The first-order chi connectivity index (χ1) is 10.6. The van der Waals surface area contributed by atoms with Crippen molar-refractivity contribution < 1.29 is 19.4 Å². The lowest BCUT2D eigenvalue weighted by molar-refractivity contribution is -0.138. The van der Waals surface area contributed by atoms with Gasteiger partial charge in [0.05, 0.1) is 7.11 Å². The van der Waals surface area contributed by atoms with E-state index in [1.165, 1.54) is 26.4 Å². The first-order valence-electron chi connectivity index (χ1n) is 7.63. The summed E-state index contributed by atoms with van der Waals surface area (Å²) in [7, 11) is 1.53. The molecule has 6 heteroatoms. The molecule has 1 aromatic carbocycles. The number of carboxylic acid groups (broad SMARTS) is 1. The van der Waals surface area contributed by atoms with Gasteiger partial charge in [0.1, 0.15) is 12.6 Å². The summed E-state index contributed by atoms with van der Waals surface area (Å²) in [6, 6.07) is 3.94. The molecule has 1 saturated heterocycles. The van der Waals surface area contributed by atoms with E-state index in [-0.39, 0.29) is 0 Å². The Morgan fingerprint density at radius 3 is 2.68 bits per heavy atom. The largest absolute Gasteiger partial charge is 0.493 e. The van der Waals surface area contributed by atoms with E-state index in [0.717, 1.165) is 19.6 Å². The van der Waals surface area contributed by atoms with Gasteiger partial charge in [0.15, 0.2) is 11.5 Å². The first-order valence-corrected chi connectivity index (χ1v) is 7.63. The molecular weight excluding hydrogens is 284 g/mol. The molecule has 1 aliphatic heterocycles. The lowest BCUT2D eigenvalue weighted by Gasteiger charge is -2.26. The van der Waals surface area contributed by atoms with Gasteiger partial charge < -0.3 is 20.3 Å². The minimum absolute atomic E-state index is 0.493. The zero-order valence-corrected chi connectivity index (χ0v) is 13.0. The quantitative estimate of drug-likeness (QED) is 0.796. The maximum Gasteiger partial charge on any atom is 0.325 e. The van der Waals surface area contributed by atoms with Crippen molar-refractivity contribution in [2.75, 3.05) is 33.4 Å². The van der Waals surface area contributed by atoms with Crippen molar-refractivity contribution in [1.29, 1.82) is 0 Å². The molecule has 0 bridgehead atoms. The van der Waals surface area contributed by atoms with Crippen molar-refractivity contribution in [2.24, 2.45) is 5.73 Å². The van der Waals surface area contributed by atoms with Gasteiger partial charge in [0, 0.05) is 6.54 Å². The molecule has 122 valence electrons. The molecule has 0 saturated carbocycles. The Labute approximate surface area is 130 Å². The van der Waals surface area contributed by atoms with Crippen LogP contribution in [-0.2, 0) is 4.79 Å². The second kappa shape index (κ2) is 8.00. The topological polar surface area (TPSA) is 85.0 Å². The highest BCUT2D eigenvalue weighted by molar-refractivity contribution is 5.75. The van der Waals surface area contributed by atoms with Crippen molar-refractivity contribution in [2.45, 2.75) is 25.3 Å². The number of nitrogens with zero attached hydrogens (tertiary/aromatic N) is 1. The van der Waals surface area contributed by atoms with E-state index in [2.05, 4.69) is 4.90 Å². The monoisotopic (exact) mass is 308 g/mol. The third-order valence-corrected chi connectivity index (χ3v) is 3.93. The minimum atomic E-state index is -1.07. The predicted molar refractivity (Wildman–Crippen MR) is 83.3 cm³/mol. The number of rotatable bonds is 7. The standard InChI is InChI=1S/C16H24N2O4/c1-21-14-11-12(15(17)16(19)20)5-6-13(14)22-10-9-18-7-3-2-4-8-18/h5-6,11,15H,2-4,7-10,17H2,1H3,(H,19,20)/t15-/m0/s1. The molecule has 0 unspecified atom stereocenters. The van der Waals surface area contributed by atoms with Crippen LogP contribution in [0.2, 0.25) is 0 Å². The summed E-state index contributed by atoms with van der Waals surface area (Å²) < 4.78 is 11.0. The number of hydrogen-bond acceptors (Lipinski definition) is 5. The molecule has 0 spiro atoms.